The smallest absolute Gasteiger partial charge is 0.322 e. The summed E-state index contributed by atoms with van der Waals surface area (Å²) in [6.45, 7) is 5.22. The number of aryl methyl sites for hydroxylation is 1. The van der Waals surface area contributed by atoms with Crippen LogP contribution in [-0.2, 0) is 14.3 Å². The van der Waals surface area contributed by atoms with Crippen molar-refractivity contribution in [2.24, 2.45) is 0 Å². The maximum absolute atomic E-state index is 11.8. The third kappa shape index (κ3) is 8.57. The third-order valence-corrected chi connectivity index (χ3v) is 2.23. The van der Waals surface area contributed by atoms with Gasteiger partial charge in [-0.3, -0.25) is 14.4 Å². The number of nitrogens with zero attached hydrogens (tertiary/aromatic N) is 1. The molecule has 0 saturated carbocycles. The topological polar surface area (TPSA) is 131 Å². The minimum atomic E-state index is -1.19. The van der Waals surface area contributed by atoms with Crippen LogP contribution in [0.2, 0.25) is 0 Å². The lowest BCUT2D eigenvalue weighted by Gasteiger charge is -2.16. The molecule has 1 aromatic rings. The Morgan fingerprint density at radius 1 is 1.39 bits per heavy atom. The molecule has 9 heteroatoms. The van der Waals surface area contributed by atoms with Gasteiger partial charge in [0.25, 0.3) is 5.91 Å². The van der Waals surface area contributed by atoms with Crippen LogP contribution in [-0.4, -0.2) is 54.4 Å². The Bertz CT molecular complexity index is 514. The lowest BCUT2D eigenvalue weighted by Crippen LogP contribution is -2.50. The molecule has 1 aromatic heterocycles. The van der Waals surface area contributed by atoms with Crippen LogP contribution in [0, 0.1) is 6.92 Å². The maximum atomic E-state index is 11.8. The van der Waals surface area contributed by atoms with E-state index in [0.717, 1.165) is 0 Å². The summed E-state index contributed by atoms with van der Waals surface area (Å²) in [7, 11) is 1.35. The zero-order chi connectivity index (χ0) is 17.8. The monoisotopic (exact) mass is 329 g/mol. The molecule has 23 heavy (non-hydrogen) atoms. The molecule has 130 valence electrons. The highest BCUT2D eigenvalue weighted by molar-refractivity contribution is 5.96. The summed E-state index contributed by atoms with van der Waals surface area (Å²) in [5.74, 6) is -2.01. The number of carboxylic acid groups (broad SMARTS) is 1. The van der Waals surface area contributed by atoms with Gasteiger partial charge in [-0.15, -0.1) is 0 Å². The van der Waals surface area contributed by atoms with Gasteiger partial charge in [0.1, 0.15) is 18.3 Å². The molecule has 1 rings (SSSR count). The first-order valence-electron chi connectivity index (χ1n) is 7.08. The number of carboxylic acids is 1. The molecule has 1 unspecified atom stereocenters. The molecule has 2 amide bonds. The Labute approximate surface area is 134 Å². The summed E-state index contributed by atoms with van der Waals surface area (Å²) in [6, 6.07) is 0.387. The third-order valence-electron chi connectivity index (χ3n) is 2.23. The molecule has 1 heterocycles. The number of methoxy groups -OCH3 is 1. The van der Waals surface area contributed by atoms with Gasteiger partial charge >= 0.3 is 5.97 Å². The van der Waals surface area contributed by atoms with Crippen LogP contribution in [0.3, 0.4) is 0 Å². The molecular weight excluding hydrogens is 306 g/mol. The van der Waals surface area contributed by atoms with E-state index in [1.54, 1.807) is 6.92 Å². The summed E-state index contributed by atoms with van der Waals surface area (Å²) in [6.07, 6.45) is 1.25. The normalized spacial score (nSPS) is 11.0. The first-order valence-corrected chi connectivity index (χ1v) is 7.08. The van der Waals surface area contributed by atoms with Crippen molar-refractivity contribution in [3.05, 3.63) is 17.5 Å². The molecular formula is C14H23N3O6. The molecule has 0 aromatic carbocycles. The van der Waals surface area contributed by atoms with E-state index in [1.807, 2.05) is 0 Å². The number of nitrogens with one attached hydrogen (secondary N) is 2. The molecule has 9 nitrogen and oxygen atoms in total. The summed E-state index contributed by atoms with van der Waals surface area (Å²) in [4.78, 5) is 33.9. The quantitative estimate of drug-likeness (QED) is 0.657. The van der Waals surface area contributed by atoms with Gasteiger partial charge in [-0.2, -0.15) is 0 Å². The number of aromatic nitrogens is 1. The number of ether oxygens (including phenoxy) is 1. The number of aliphatic carboxylic acids is 1. The molecule has 1 atom stereocenters. The van der Waals surface area contributed by atoms with Gasteiger partial charge in [-0.1, -0.05) is 25.4 Å². The summed E-state index contributed by atoms with van der Waals surface area (Å²) < 4.78 is 9.55. The highest BCUT2D eigenvalue weighted by atomic mass is 16.5. The van der Waals surface area contributed by atoms with Crippen molar-refractivity contribution < 1.29 is 28.8 Å². The van der Waals surface area contributed by atoms with Crippen LogP contribution in [0.1, 0.15) is 36.5 Å². The molecule has 0 spiro atoms. The fourth-order valence-corrected chi connectivity index (χ4v) is 1.34. The number of amides is 2. The molecule has 0 fully saturated rings. The second kappa shape index (κ2) is 11.2. The fourth-order valence-electron chi connectivity index (χ4n) is 1.34. The molecule has 3 N–H and O–H groups in total. The Morgan fingerprint density at radius 3 is 2.43 bits per heavy atom. The van der Waals surface area contributed by atoms with Crippen LogP contribution in [0.5, 0.6) is 0 Å². The Balaban J connectivity index is 0.00000149. The lowest BCUT2D eigenvalue weighted by molar-refractivity contribution is -0.138. The number of hydrogen-bond acceptors (Lipinski definition) is 6. The maximum Gasteiger partial charge on any atom is 0.322 e. The second-order valence-electron chi connectivity index (χ2n) is 4.62. The van der Waals surface area contributed by atoms with Crippen LogP contribution in [0.4, 0.5) is 0 Å². The van der Waals surface area contributed by atoms with Crippen LogP contribution >= 0.6 is 0 Å². The first kappa shape index (κ1) is 20.6. The van der Waals surface area contributed by atoms with E-state index in [2.05, 4.69) is 29.6 Å². The predicted molar refractivity (Wildman–Crippen MR) is 81.0 cm³/mol. The van der Waals surface area contributed by atoms with Crippen molar-refractivity contribution in [3.8, 4) is 0 Å². The van der Waals surface area contributed by atoms with Crippen molar-refractivity contribution in [2.45, 2.75) is 33.2 Å². The molecule has 0 aliphatic heterocycles. The van der Waals surface area contributed by atoms with Gasteiger partial charge in [0.05, 0.1) is 6.61 Å². The zero-order valence-corrected chi connectivity index (χ0v) is 13.7. The molecule has 0 bridgehead atoms. The van der Waals surface area contributed by atoms with Crippen molar-refractivity contribution in [3.63, 3.8) is 0 Å². The largest absolute Gasteiger partial charge is 0.480 e. The Morgan fingerprint density at radius 2 is 2.00 bits per heavy atom. The first-order chi connectivity index (χ1) is 10.8. The second-order valence-corrected chi connectivity index (χ2v) is 4.62. The van der Waals surface area contributed by atoms with Gasteiger partial charge in [0, 0.05) is 13.2 Å². The van der Waals surface area contributed by atoms with E-state index in [4.69, 9.17) is 14.4 Å². The fraction of sp³-hybridized carbons (Fsp3) is 0.571. The summed E-state index contributed by atoms with van der Waals surface area (Å²) >= 11 is 0. The average molecular weight is 329 g/mol. The Kier molecular flexibility index (Phi) is 10.0. The minimum absolute atomic E-state index is 0.0228. The summed E-state index contributed by atoms with van der Waals surface area (Å²) in [5.41, 5.74) is 0.0228. The van der Waals surface area contributed by atoms with Crippen molar-refractivity contribution in [1.29, 1.82) is 0 Å². The minimum Gasteiger partial charge on any atom is -0.480 e. The molecule has 0 radical (unpaired) electrons. The Hall–Kier alpha value is -2.42. The van der Waals surface area contributed by atoms with E-state index in [1.165, 1.54) is 19.6 Å². The predicted octanol–water partition coefficient (Wildman–Crippen LogP) is 0.345. The zero-order valence-electron chi connectivity index (χ0n) is 13.7. The van der Waals surface area contributed by atoms with Crippen molar-refractivity contribution >= 4 is 17.8 Å². The van der Waals surface area contributed by atoms with Crippen LogP contribution < -0.4 is 10.6 Å². The number of carbonyl (C=O) groups excluding carboxylic acids is 2. The van der Waals surface area contributed by atoms with Gasteiger partial charge in [0.15, 0.2) is 5.69 Å². The number of hydrogen-bond donors (Lipinski definition) is 3. The van der Waals surface area contributed by atoms with E-state index in [9.17, 15) is 14.4 Å². The highest BCUT2D eigenvalue weighted by Crippen LogP contribution is 2.01. The van der Waals surface area contributed by atoms with Gasteiger partial charge in [-0.05, 0) is 6.92 Å². The standard InChI is InChI=1S/C11H15N3O6.C3H8/c1-6-3-7(14-20-6)11(18)13-8(5-19-2)10(17)12-4-9(15)16;1-3-2/h3,8H,4-5H2,1-2H3,(H,12,17)(H,13,18)(H,15,16);3H2,1-2H3. The number of carbonyl (C=O) groups is 3. The van der Waals surface area contributed by atoms with Crippen LogP contribution in [0.25, 0.3) is 0 Å². The van der Waals surface area contributed by atoms with Gasteiger partial charge < -0.3 is 25.0 Å². The summed E-state index contributed by atoms with van der Waals surface area (Å²) in [5, 5.41) is 16.5. The van der Waals surface area contributed by atoms with Crippen molar-refractivity contribution in [2.75, 3.05) is 20.3 Å². The van der Waals surface area contributed by atoms with Gasteiger partial charge in [0.2, 0.25) is 5.91 Å². The lowest BCUT2D eigenvalue weighted by atomic mass is 10.2. The van der Waals surface area contributed by atoms with E-state index >= 15 is 0 Å². The SMILES string of the molecule is CCC.COCC(NC(=O)c1cc(C)on1)C(=O)NCC(=O)O. The van der Waals surface area contributed by atoms with E-state index in [0.29, 0.717) is 5.76 Å². The molecule has 0 aliphatic carbocycles. The highest BCUT2D eigenvalue weighted by Gasteiger charge is 2.23. The van der Waals surface area contributed by atoms with Crippen molar-refractivity contribution in [1.82, 2.24) is 15.8 Å². The average Bonchev–Trinajstić information content (AvgIpc) is 2.91. The molecule has 0 aliphatic rings. The van der Waals surface area contributed by atoms with Crippen LogP contribution in [0.15, 0.2) is 10.6 Å². The van der Waals surface area contributed by atoms with Gasteiger partial charge in [-0.25, -0.2) is 0 Å². The number of rotatable bonds is 7. The molecule has 0 saturated heterocycles. The van der Waals surface area contributed by atoms with E-state index < -0.39 is 30.4 Å². The van der Waals surface area contributed by atoms with E-state index in [-0.39, 0.29) is 12.3 Å².